The topological polar surface area (TPSA) is 32.3 Å². The van der Waals surface area contributed by atoms with E-state index in [2.05, 4.69) is 37.9 Å². The van der Waals surface area contributed by atoms with Crippen LogP contribution >= 0.6 is 0 Å². The molecule has 2 fully saturated rings. The minimum Gasteiger partial charge on any atom is -0.323 e. The van der Waals surface area contributed by atoms with E-state index in [9.17, 15) is 4.79 Å². The normalized spacial score (nSPS) is 28.3. The summed E-state index contributed by atoms with van der Waals surface area (Å²) in [6.45, 7) is 8.99. The van der Waals surface area contributed by atoms with Crippen molar-refractivity contribution in [1.29, 1.82) is 0 Å². The molecule has 3 atom stereocenters. The molecule has 1 aliphatic carbocycles. The summed E-state index contributed by atoms with van der Waals surface area (Å²) in [5, 5.41) is 3.72. The van der Waals surface area contributed by atoms with Gasteiger partial charge in [-0.3, -0.25) is 10.1 Å². The Morgan fingerprint density at radius 1 is 1.30 bits per heavy atom. The Balaban J connectivity index is 2.12. The molecule has 3 unspecified atom stereocenters. The first kappa shape index (κ1) is 15.8. The zero-order chi connectivity index (χ0) is 14.8. The molecule has 0 radical (unpaired) electrons. The van der Waals surface area contributed by atoms with Gasteiger partial charge in [0.2, 0.25) is 5.91 Å². The van der Waals surface area contributed by atoms with E-state index in [1.54, 1.807) is 0 Å². The van der Waals surface area contributed by atoms with Crippen LogP contribution < -0.4 is 5.32 Å². The lowest BCUT2D eigenvalue weighted by Gasteiger charge is -2.32. The minimum atomic E-state index is -0.205. The molecule has 0 aromatic rings. The van der Waals surface area contributed by atoms with Gasteiger partial charge in [-0.1, -0.05) is 46.5 Å². The molecule has 1 saturated carbocycles. The van der Waals surface area contributed by atoms with Crippen LogP contribution in [0.2, 0.25) is 0 Å². The fourth-order valence-electron chi connectivity index (χ4n) is 4.03. The number of hydrogen-bond donors (Lipinski definition) is 1. The third-order valence-corrected chi connectivity index (χ3v) is 5.36. The van der Waals surface area contributed by atoms with Gasteiger partial charge in [0.25, 0.3) is 0 Å². The summed E-state index contributed by atoms with van der Waals surface area (Å²) in [4.78, 5) is 15.2. The van der Waals surface area contributed by atoms with Crippen molar-refractivity contribution in [2.75, 3.05) is 0 Å². The van der Waals surface area contributed by atoms with Crippen molar-refractivity contribution in [2.45, 2.75) is 96.8 Å². The van der Waals surface area contributed by atoms with Crippen molar-refractivity contribution in [3.63, 3.8) is 0 Å². The number of carbonyl (C=O) groups excluding carboxylic acids is 1. The summed E-state index contributed by atoms with van der Waals surface area (Å²) in [5.74, 6) is 1.09. The van der Waals surface area contributed by atoms with E-state index in [0.29, 0.717) is 17.9 Å². The van der Waals surface area contributed by atoms with Gasteiger partial charge in [-0.2, -0.15) is 0 Å². The molecule has 20 heavy (non-hydrogen) atoms. The van der Waals surface area contributed by atoms with E-state index in [1.165, 1.54) is 19.3 Å². The van der Waals surface area contributed by atoms with Gasteiger partial charge in [0.15, 0.2) is 0 Å². The highest BCUT2D eigenvalue weighted by molar-refractivity contribution is 5.89. The lowest BCUT2D eigenvalue weighted by Crippen LogP contribution is -2.45. The van der Waals surface area contributed by atoms with E-state index in [1.807, 2.05) is 0 Å². The minimum absolute atomic E-state index is 0.205. The van der Waals surface area contributed by atoms with Crippen molar-refractivity contribution in [3.05, 3.63) is 0 Å². The molecule has 1 saturated heterocycles. The average molecular weight is 280 g/mol. The summed E-state index contributed by atoms with van der Waals surface area (Å²) < 4.78 is 0. The summed E-state index contributed by atoms with van der Waals surface area (Å²) in [6, 6.07) is 0.362. The van der Waals surface area contributed by atoms with E-state index in [4.69, 9.17) is 0 Å². The quantitative estimate of drug-likeness (QED) is 0.805. The van der Waals surface area contributed by atoms with Gasteiger partial charge in [-0.15, -0.1) is 0 Å². The number of rotatable bonds is 6. The number of amides is 1. The Morgan fingerprint density at radius 3 is 2.50 bits per heavy atom. The van der Waals surface area contributed by atoms with E-state index >= 15 is 0 Å². The van der Waals surface area contributed by atoms with Crippen molar-refractivity contribution in [3.8, 4) is 0 Å². The Bertz CT molecular complexity index is 336. The second-order valence-electron chi connectivity index (χ2n) is 7.05. The Morgan fingerprint density at radius 2 is 1.95 bits per heavy atom. The van der Waals surface area contributed by atoms with Crippen LogP contribution in [0.4, 0.5) is 0 Å². The van der Waals surface area contributed by atoms with Crippen LogP contribution in [-0.4, -0.2) is 28.6 Å². The number of nitrogens with one attached hydrogen (secondary N) is 1. The SMILES string of the molecule is CCCC1NC2(CCCC2)C(=O)N1C(C)CC(C)CC. The van der Waals surface area contributed by atoms with Gasteiger partial charge < -0.3 is 4.90 Å². The van der Waals surface area contributed by atoms with Crippen LogP contribution in [0.15, 0.2) is 0 Å². The second-order valence-corrected chi connectivity index (χ2v) is 7.05. The lowest BCUT2D eigenvalue weighted by atomic mass is 9.95. The molecular weight excluding hydrogens is 248 g/mol. The van der Waals surface area contributed by atoms with Crippen molar-refractivity contribution >= 4 is 5.91 Å². The average Bonchev–Trinajstić information content (AvgIpc) is 2.98. The van der Waals surface area contributed by atoms with Gasteiger partial charge in [0.05, 0.1) is 11.7 Å². The van der Waals surface area contributed by atoms with Crippen LogP contribution in [0.1, 0.15) is 79.1 Å². The first-order valence-corrected chi connectivity index (χ1v) is 8.64. The van der Waals surface area contributed by atoms with Gasteiger partial charge >= 0.3 is 0 Å². The molecule has 1 heterocycles. The van der Waals surface area contributed by atoms with Crippen molar-refractivity contribution in [1.82, 2.24) is 10.2 Å². The maximum Gasteiger partial charge on any atom is 0.244 e. The zero-order valence-electron chi connectivity index (χ0n) is 13.7. The molecule has 1 aliphatic heterocycles. The third kappa shape index (κ3) is 2.88. The maximum atomic E-state index is 13.0. The second kappa shape index (κ2) is 6.46. The molecule has 1 amide bonds. The predicted octanol–water partition coefficient (Wildman–Crippen LogP) is 3.68. The molecule has 1 spiro atoms. The molecule has 0 aromatic carbocycles. The predicted molar refractivity (Wildman–Crippen MR) is 83.4 cm³/mol. The highest BCUT2D eigenvalue weighted by atomic mass is 16.2. The molecule has 1 N–H and O–H groups in total. The molecule has 3 nitrogen and oxygen atoms in total. The summed E-state index contributed by atoms with van der Waals surface area (Å²) >= 11 is 0. The van der Waals surface area contributed by atoms with Crippen LogP contribution in [0.3, 0.4) is 0 Å². The Hall–Kier alpha value is -0.570. The summed E-state index contributed by atoms with van der Waals surface area (Å²) in [6.07, 6.45) is 9.29. The lowest BCUT2D eigenvalue weighted by molar-refractivity contribution is -0.135. The first-order chi connectivity index (χ1) is 9.54. The van der Waals surface area contributed by atoms with Crippen LogP contribution in [0.5, 0.6) is 0 Å². The molecular formula is C17H32N2O. The first-order valence-electron chi connectivity index (χ1n) is 8.64. The number of hydrogen-bond acceptors (Lipinski definition) is 2. The van der Waals surface area contributed by atoms with Gasteiger partial charge in [-0.25, -0.2) is 0 Å². The van der Waals surface area contributed by atoms with Crippen LogP contribution in [-0.2, 0) is 4.79 Å². The Kier molecular flexibility index (Phi) is 5.11. The van der Waals surface area contributed by atoms with Crippen molar-refractivity contribution in [2.24, 2.45) is 5.92 Å². The van der Waals surface area contributed by atoms with Gasteiger partial charge in [0.1, 0.15) is 0 Å². The summed E-state index contributed by atoms with van der Waals surface area (Å²) in [7, 11) is 0. The fraction of sp³-hybridized carbons (Fsp3) is 0.941. The summed E-state index contributed by atoms with van der Waals surface area (Å²) in [5.41, 5.74) is -0.205. The molecule has 3 heteroatoms. The van der Waals surface area contributed by atoms with E-state index in [-0.39, 0.29) is 11.7 Å². The van der Waals surface area contributed by atoms with Crippen molar-refractivity contribution < 1.29 is 4.79 Å². The highest BCUT2D eigenvalue weighted by Gasteiger charge is 2.52. The zero-order valence-corrected chi connectivity index (χ0v) is 13.7. The van der Waals surface area contributed by atoms with Gasteiger partial charge in [0, 0.05) is 6.04 Å². The molecule has 2 rings (SSSR count). The van der Waals surface area contributed by atoms with E-state index in [0.717, 1.165) is 32.1 Å². The molecule has 0 aromatic heterocycles. The Labute approximate surface area is 124 Å². The maximum absolute atomic E-state index is 13.0. The largest absolute Gasteiger partial charge is 0.323 e. The number of carbonyl (C=O) groups is 1. The smallest absolute Gasteiger partial charge is 0.244 e. The monoisotopic (exact) mass is 280 g/mol. The van der Waals surface area contributed by atoms with Crippen LogP contribution in [0, 0.1) is 5.92 Å². The molecule has 116 valence electrons. The fourth-order valence-corrected chi connectivity index (χ4v) is 4.03. The molecule has 0 bridgehead atoms. The highest BCUT2D eigenvalue weighted by Crippen LogP contribution is 2.38. The third-order valence-electron chi connectivity index (χ3n) is 5.36. The van der Waals surface area contributed by atoms with Gasteiger partial charge in [-0.05, 0) is 38.5 Å². The molecule has 2 aliphatic rings. The van der Waals surface area contributed by atoms with Crippen LogP contribution in [0.25, 0.3) is 0 Å². The number of nitrogens with zero attached hydrogens (tertiary/aromatic N) is 1. The standard InChI is InChI=1S/C17H32N2O/c1-5-9-15-18-17(10-7-8-11-17)16(20)19(15)14(4)12-13(3)6-2/h13-15,18H,5-12H2,1-4H3. The van der Waals surface area contributed by atoms with E-state index < -0.39 is 0 Å².